The molecule has 0 aliphatic rings. The normalized spacial score (nSPS) is 12.0. The number of ether oxygens (including phenoxy) is 2. The zero-order chi connectivity index (χ0) is 15.4. The van der Waals surface area contributed by atoms with E-state index >= 15 is 0 Å². The zero-order valence-electron chi connectivity index (χ0n) is 11.9. The van der Waals surface area contributed by atoms with Gasteiger partial charge >= 0.3 is 0 Å². The SMILES string of the molecule is COc1ccc(C(N)Cc2cccc(F)c2Br)cc1OC. The van der Waals surface area contributed by atoms with Crippen molar-refractivity contribution >= 4 is 15.9 Å². The predicted octanol–water partition coefficient (Wildman–Crippen LogP) is 3.85. The Labute approximate surface area is 132 Å². The highest BCUT2D eigenvalue weighted by atomic mass is 79.9. The first-order chi connectivity index (χ1) is 10.1. The molecule has 1 unspecified atom stereocenters. The summed E-state index contributed by atoms with van der Waals surface area (Å²) < 4.78 is 24.5. The average Bonchev–Trinajstić information content (AvgIpc) is 2.51. The maximum Gasteiger partial charge on any atom is 0.161 e. The fourth-order valence-electron chi connectivity index (χ4n) is 2.14. The Morgan fingerprint density at radius 1 is 1.14 bits per heavy atom. The van der Waals surface area contributed by atoms with Crippen LogP contribution in [0.25, 0.3) is 0 Å². The van der Waals surface area contributed by atoms with Crippen LogP contribution in [0.1, 0.15) is 17.2 Å². The lowest BCUT2D eigenvalue weighted by atomic mass is 9.99. The molecule has 1 atom stereocenters. The molecule has 0 spiro atoms. The minimum atomic E-state index is -0.285. The van der Waals surface area contributed by atoms with E-state index in [-0.39, 0.29) is 11.9 Å². The van der Waals surface area contributed by atoms with Crippen molar-refractivity contribution in [1.82, 2.24) is 0 Å². The molecule has 0 fully saturated rings. The minimum Gasteiger partial charge on any atom is -0.493 e. The number of methoxy groups -OCH3 is 2. The highest BCUT2D eigenvalue weighted by Gasteiger charge is 2.14. The quantitative estimate of drug-likeness (QED) is 0.887. The van der Waals surface area contributed by atoms with Gasteiger partial charge in [-0.3, -0.25) is 0 Å². The van der Waals surface area contributed by atoms with E-state index in [9.17, 15) is 4.39 Å². The highest BCUT2D eigenvalue weighted by Crippen LogP contribution is 2.31. The first-order valence-electron chi connectivity index (χ1n) is 6.47. The summed E-state index contributed by atoms with van der Waals surface area (Å²) in [7, 11) is 3.16. The van der Waals surface area contributed by atoms with Gasteiger partial charge in [0.15, 0.2) is 11.5 Å². The zero-order valence-corrected chi connectivity index (χ0v) is 13.5. The van der Waals surface area contributed by atoms with Crippen LogP contribution in [0.5, 0.6) is 11.5 Å². The van der Waals surface area contributed by atoms with Gasteiger partial charge in [0, 0.05) is 6.04 Å². The second kappa shape index (κ2) is 6.91. The molecule has 0 bridgehead atoms. The van der Waals surface area contributed by atoms with Crippen LogP contribution in [0, 0.1) is 5.82 Å². The Hall–Kier alpha value is -1.59. The molecule has 0 aliphatic carbocycles. The van der Waals surface area contributed by atoms with E-state index in [4.69, 9.17) is 15.2 Å². The molecule has 0 radical (unpaired) electrons. The van der Waals surface area contributed by atoms with Crippen LogP contribution in [0.2, 0.25) is 0 Å². The second-order valence-electron chi connectivity index (χ2n) is 4.64. The smallest absolute Gasteiger partial charge is 0.161 e. The molecule has 0 saturated carbocycles. The van der Waals surface area contributed by atoms with Gasteiger partial charge in [-0.1, -0.05) is 18.2 Å². The minimum absolute atomic E-state index is 0.261. The van der Waals surface area contributed by atoms with Gasteiger partial charge in [-0.2, -0.15) is 0 Å². The Kier molecular flexibility index (Phi) is 5.20. The first kappa shape index (κ1) is 15.8. The molecule has 21 heavy (non-hydrogen) atoms. The van der Waals surface area contributed by atoms with Crippen LogP contribution >= 0.6 is 15.9 Å². The summed E-state index contributed by atoms with van der Waals surface area (Å²) in [6, 6.07) is 10.2. The number of rotatable bonds is 5. The van der Waals surface area contributed by atoms with Gasteiger partial charge < -0.3 is 15.2 Å². The van der Waals surface area contributed by atoms with Gasteiger partial charge in [-0.25, -0.2) is 4.39 Å². The fourth-order valence-corrected chi connectivity index (χ4v) is 2.57. The van der Waals surface area contributed by atoms with Crippen molar-refractivity contribution in [3.05, 3.63) is 57.8 Å². The van der Waals surface area contributed by atoms with Crippen LogP contribution < -0.4 is 15.2 Å². The van der Waals surface area contributed by atoms with Crippen molar-refractivity contribution in [2.75, 3.05) is 14.2 Å². The number of hydrogen-bond donors (Lipinski definition) is 1. The monoisotopic (exact) mass is 353 g/mol. The molecule has 0 saturated heterocycles. The van der Waals surface area contributed by atoms with E-state index in [0.29, 0.717) is 22.4 Å². The lowest BCUT2D eigenvalue weighted by Crippen LogP contribution is -2.14. The van der Waals surface area contributed by atoms with Crippen molar-refractivity contribution in [2.45, 2.75) is 12.5 Å². The molecule has 0 aliphatic heterocycles. The van der Waals surface area contributed by atoms with Gasteiger partial charge in [0.05, 0.1) is 18.7 Å². The molecule has 2 N–H and O–H groups in total. The van der Waals surface area contributed by atoms with Gasteiger partial charge in [0.25, 0.3) is 0 Å². The highest BCUT2D eigenvalue weighted by molar-refractivity contribution is 9.10. The van der Waals surface area contributed by atoms with E-state index in [1.807, 2.05) is 24.3 Å². The molecular formula is C16H17BrFNO2. The standard InChI is InChI=1S/C16H17BrFNO2/c1-20-14-7-6-10(9-15(14)21-2)13(19)8-11-4-3-5-12(18)16(11)17/h3-7,9,13H,8,19H2,1-2H3. The van der Waals surface area contributed by atoms with Crippen molar-refractivity contribution in [3.8, 4) is 11.5 Å². The third-order valence-corrected chi connectivity index (χ3v) is 4.20. The van der Waals surface area contributed by atoms with E-state index in [0.717, 1.165) is 11.1 Å². The molecule has 112 valence electrons. The van der Waals surface area contributed by atoms with Crippen LogP contribution in [0.3, 0.4) is 0 Å². The van der Waals surface area contributed by atoms with Crippen molar-refractivity contribution in [3.63, 3.8) is 0 Å². The Morgan fingerprint density at radius 2 is 1.86 bits per heavy atom. The summed E-state index contributed by atoms with van der Waals surface area (Å²) in [6.45, 7) is 0. The van der Waals surface area contributed by atoms with Gasteiger partial charge in [0.1, 0.15) is 5.82 Å². The summed E-state index contributed by atoms with van der Waals surface area (Å²) in [6.07, 6.45) is 0.522. The predicted molar refractivity (Wildman–Crippen MR) is 84.3 cm³/mol. The van der Waals surface area contributed by atoms with Gasteiger partial charge in [-0.05, 0) is 51.7 Å². The third-order valence-electron chi connectivity index (χ3n) is 3.31. The molecule has 2 rings (SSSR count). The number of halogens is 2. The first-order valence-corrected chi connectivity index (χ1v) is 7.26. The summed E-state index contributed by atoms with van der Waals surface area (Å²) in [5.41, 5.74) is 7.96. The largest absolute Gasteiger partial charge is 0.493 e. The fraction of sp³-hybridized carbons (Fsp3) is 0.250. The van der Waals surface area contributed by atoms with Crippen LogP contribution in [0.4, 0.5) is 4.39 Å². The average molecular weight is 354 g/mol. The molecule has 0 amide bonds. The molecule has 5 heteroatoms. The Morgan fingerprint density at radius 3 is 2.52 bits per heavy atom. The van der Waals surface area contributed by atoms with Crippen LogP contribution in [0.15, 0.2) is 40.9 Å². The van der Waals surface area contributed by atoms with Crippen LogP contribution in [-0.2, 0) is 6.42 Å². The molecule has 0 aromatic heterocycles. The summed E-state index contributed by atoms with van der Waals surface area (Å²) in [5.74, 6) is 0.996. The maximum atomic E-state index is 13.5. The van der Waals surface area contributed by atoms with E-state index in [1.165, 1.54) is 6.07 Å². The second-order valence-corrected chi connectivity index (χ2v) is 5.43. The summed E-state index contributed by atoms with van der Waals surface area (Å²) in [5, 5.41) is 0. The maximum absolute atomic E-state index is 13.5. The third kappa shape index (κ3) is 3.54. The topological polar surface area (TPSA) is 44.5 Å². The Balaban J connectivity index is 2.24. The van der Waals surface area contributed by atoms with Gasteiger partial charge in [-0.15, -0.1) is 0 Å². The molecule has 0 heterocycles. The van der Waals surface area contributed by atoms with Gasteiger partial charge in [0.2, 0.25) is 0 Å². The number of benzene rings is 2. The lowest BCUT2D eigenvalue weighted by molar-refractivity contribution is 0.354. The summed E-state index contributed by atoms with van der Waals surface area (Å²) in [4.78, 5) is 0. The number of hydrogen-bond acceptors (Lipinski definition) is 3. The molecule has 2 aromatic carbocycles. The molecular weight excluding hydrogens is 337 g/mol. The van der Waals surface area contributed by atoms with Crippen molar-refractivity contribution in [2.24, 2.45) is 5.73 Å². The van der Waals surface area contributed by atoms with Crippen LogP contribution in [-0.4, -0.2) is 14.2 Å². The number of nitrogens with two attached hydrogens (primary N) is 1. The van der Waals surface area contributed by atoms with Crippen molar-refractivity contribution in [1.29, 1.82) is 0 Å². The van der Waals surface area contributed by atoms with E-state index in [1.54, 1.807) is 20.3 Å². The van der Waals surface area contributed by atoms with E-state index < -0.39 is 0 Å². The lowest BCUT2D eigenvalue weighted by Gasteiger charge is -2.16. The molecule has 3 nitrogen and oxygen atoms in total. The van der Waals surface area contributed by atoms with Crippen molar-refractivity contribution < 1.29 is 13.9 Å². The summed E-state index contributed by atoms with van der Waals surface area (Å²) >= 11 is 3.26. The van der Waals surface area contributed by atoms with E-state index in [2.05, 4.69) is 15.9 Å². The Bertz CT molecular complexity index is 634. The molecule has 2 aromatic rings.